The van der Waals surface area contributed by atoms with Crippen LogP contribution in [0.25, 0.3) is 0 Å². The minimum Gasteiger partial charge on any atom is -0.496 e. The number of aldehydes is 1. The summed E-state index contributed by atoms with van der Waals surface area (Å²) in [6, 6.07) is 4.37. The van der Waals surface area contributed by atoms with Crippen LogP contribution in [0.15, 0.2) is 12.1 Å². The topological polar surface area (TPSA) is 26.3 Å². The zero-order valence-electron chi connectivity index (χ0n) is 12.1. The van der Waals surface area contributed by atoms with E-state index in [4.69, 9.17) is 4.74 Å². The Hall–Kier alpha value is -1.31. The van der Waals surface area contributed by atoms with E-state index in [0.29, 0.717) is 12.3 Å². The Balaban J connectivity index is 3.31. The number of rotatable bonds is 6. The third-order valence-corrected chi connectivity index (χ3v) is 3.44. The van der Waals surface area contributed by atoms with Crippen molar-refractivity contribution in [3.8, 4) is 5.75 Å². The molecule has 0 aromatic heterocycles. The molecule has 0 fully saturated rings. The molecule has 1 aromatic rings. The second kappa shape index (κ2) is 6.58. The number of methoxy groups -OCH3 is 1. The van der Waals surface area contributed by atoms with Crippen molar-refractivity contribution in [2.45, 2.75) is 52.4 Å². The van der Waals surface area contributed by atoms with Gasteiger partial charge in [-0.05, 0) is 34.9 Å². The van der Waals surface area contributed by atoms with Crippen LogP contribution in [0.1, 0.15) is 62.6 Å². The van der Waals surface area contributed by atoms with E-state index >= 15 is 0 Å². The van der Waals surface area contributed by atoms with Gasteiger partial charge in [-0.25, -0.2) is 0 Å². The number of benzene rings is 1. The maximum absolute atomic E-state index is 10.7. The fourth-order valence-corrected chi connectivity index (χ4v) is 2.24. The molecule has 2 heteroatoms. The van der Waals surface area contributed by atoms with Gasteiger partial charge in [0.05, 0.1) is 7.11 Å². The van der Waals surface area contributed by atoms with Crippen molar-refractivity contribution in [1.82, 2.24) is 0 Å². The van der Waals surface area contributed by atoms with Gasteiger partial charge in [0.2, 0.25) is 0 Å². The molecule has 0 radical (unpaired) electrons. The molecule has 1 aromatic carbocycles. The Morgan fingerprint density at radius 2 is 1.94 bits per heavy atom. The summed E-state index contributed by atoms with van der Waals surface area (Å²) in [5.74, 6) is 1.71. The van der Waals surface area contributed by atoms with Crippen LogP contribution in [0.3, 0.4) is 0 Å². The summed E-state index contributed by atoms with van der Waals surface area (Å²) >= 11 is 0. The maximum Gasteiger partial charge on any atom is 0.125 e. The van der Waals surface area contributed by atoms with Crippen LogP contribution in [0.4, 0.5) is 0 Å². The monoisotopic (exact) mass is 248 g/mol. The standard InChI is InChI=1S/C16H24O2/c1-6-13-9-14(12(4)7-8-17)10-15(11(2)3)16(13)18-5/h8-12H,6-7H2,1-5H3. The van der Waals surface area contributed by atoms with Gasteiger partial charge in [0.25, 0.3) is 0 Å². The fourth-order valence-electron chi connectivity index (χ4n) is 2.24. The molecule has 0 aliphatic heterocycles. The molecule has 2 nitrogen and oxygen atoms in total. The summed E-state index contributed by atoms with van der Waals surface area (Å²) in [4.78, 5) is 10.7. The summed E-state index contributed by atoms with van der Waals surface area (Å²) in [7, 11) is 1.73. The zero-order valence-corrected chi connectivity index (χ0v) is 12.1. The molecule has 0 heterocycles. The van der Waals surface area contributed by atoms with Crippen molar-refractivity contribution in [2.24, 2.45) is 0 Å². The first kappa shape index (κ1) is 14.7. The van der Waals surface area contributed by atoms with Crippen molar-refractivity contribution in [2.75, 3.05) is 7.11 Å². The minimum atomic E-state index is 0.274. The molecular weight excluding hydrogens is 224 g/mol. The van der Waals surface area contributed by atoms with Crippen molar-refractivity contribution in [3.63, 3.8) is 0 Å². The van der Waals surface area contributed by atoms with Crippen LogP contribution in [0.2, 0.25) is 0 Å². The van der Waals surface area contributed by atoms with Crippen LogP contribution < -0.4 is 4.74 Å². The molecule has 100 valence electrons. The molecule has 0 saturated carbocycles. The number of carbonyl (C=O) groups excluding carboxylic acids is 1. The molecule has 18 heavy (non-hydrogen) atoms. The highest BCUT2D eigenvalue weighted by Gasteiger charge is 2.15. The van der Waals surface area contributed by atoms with Crippen LogP contribution in [0.5, 0.6) is 5.75 Å². The molecule has 1 atom stereocenters. The Labute approximate surface area is 110 Å². The van der Waals surface area contributed by atoms with Gasteiger partial charge in [0, 0.05) is 6.42 Å². The van der Waals surface area contributed by atoms with Crippen LogP contribution in [-0.4, -0.2) is 13.4 Å². The molecule has 0 bridgehead atoms. The first-order valence-corrected chi connectivity index (χ1v) is 6.69. The summed E-state index contributed by atoms with van der Waals surface area (Å²) in [6.45, 7) is 8.58. The predicted molar refractivity (Wildman–Crippen MR) is 75.6 cm³/mol. The van der Waals surface area contributed by atoms with Crippen LogP contribution in [-0.2, 0) is 11.2 Å². The lowest BCUT2D eigenvalue weighted by atomic mass is 9.89. The third-order valence-electron chi connectivity index (χ3n) is 3.44. The van der Waals surface area contributed by atoms with Gasteiger partial charge >= 0.3 is 0 Å². The number of hydrogen-bond donors (Lipinski definition) is 0. The van der Waals surface area contributed by atoms with Crippen molar-refractivity contribution >= 4 is 6.29 Å². The van der Waals surface area contributed by atoms with E-state index in [0.717, 1.165) is 18.5 Å². The lowest BCUT2D eigenvalue weighted by Gasteiger charge is -2.19. The van der Waals surface area contributed by atoms with Gasteiger partial charge in [0.1, 0.15) is 12.0 Å². The van der Waals surface area contributed by atoms with Crippen LogP contribution >= 0.6 is 0 Å². The van der Waals surface area contributed by atoms with E-state index in [-0.39, 0.29) is 5.92 Å². The van der Waals surface area contributed by atoms with Crippen LogP contribution in [0, 0.1) is 0 Å². The maximum atomic E-state index is 10.7. The Bertz CT molecular complexity index is 408. The molecular formula is C16H24O2. The summed E-state index contributed by atoms with van der Waals surface area (Å²) < 4.78 is 5.55. The van der Waals surface area contributed by atoms with Gasteiger partial charge in [-0.3, -0.25) is 0 Å². The van der Waals surface area contributed by atoms with E-state index in [9.17, 15) is 4.79 Å². The molecule has 0 N–H and O–H groups in total. The van der Waals surface area contributed by atoms with Crippen molar-refractivity contribution < 1.29 is 9.53 Å². The van der Waals surface area contributed by atoms with E-state index in [1.807, 2.05) is 0 Å². The lowest BCUT2D eigenvalue weighted by molar-refractivity contribution is -0.108. The minimum absolute atomic E-state index is 0.274. The second-order valence-electron chi connectivity index (χ2n) is 5.11. The number of hydrogen-bond acceptors (Lipinski definition) is 2. The predicted octanol–water partition coefficient (Wildman–Crippen LogP) is 4.07. The molecule has 0 spiro atoms. The highest BCUT2D eigenvalue weighted by molar-refractivity contribution is 5.53. The first-order valence-electron chi connectivity index (χ1n) is 6.69. The van der Waals surface area contributed by atoms with Gasteiger partial charge in [-0.15, -0.1) is 0 Å². The quantitative estimate of drug-likeness (QED) is 0.709. The smallest absolute Gasteiger partial charge is 0.125 e. The van der Waals surface area contributed by atoms with Gasteiger partial charge < -0.3 is 9.53 Å². The highest BCUT2D eigenvalue weighted by Crippen LogP contribution is 2.34. The fraction of sp³-hybridized carbons (Fsp3) is 0.562. The molecule has 0 aliphatic rings. The lowest BCUT2D eigenvalue weighted by Crippen LogP contribution is -2.03. The van der Waals surface area contributed by atoms with Gasteiger partial charge in [-0.2, -0.15) is 0 Å². The average Bonchev–Trinajstić information content (AvgIpc) is 2.37. The number of ether oxygens (including phenoxy) is 1. The average molecular weight is 248 g/mol. The van der Waals surface area contributed by atoms with Crippen molar-refractivity contribution in [3.05, 3.63) is 28.8 Å². The largest absolute Gasteiger partial charge is 0.496 e. The van der Waals surface area contributed by atoms with E-state index in [2.05, 4.69) is 39.8 Å². The summed E-state index contributed by atoms with van der Waals surface area (Å²) in [5, 5.41) is 0. The van der Waals surface area contributed by atoms with Crippen molar-refractivity contribution in [1.29, 1.82) is 0 Å². The highest BCUT2D eigenvalue weighted by atomic mass is 16.5. The third kappa shape index (κ3) is 3.12. The molecule has 0 saturated heterocycles. The van der Waals surface area contributed by atoms with E-state index in [1.165, 1.54) is 16.7 Å². The molecule has 1 rings (SSSR count). The normalized spacial score (nSPS) is 12.6. The van der Waals surface area contributed by atoms with E-state index < -0.39 is 0 Å². The summed E-state index contributed by atoms with van der Waals surface area (Å²) in [6.07, 6.45) is 2.52. The number of aryl methyl sites for hydroxylation is 1. The SMILES string of the molecule is CCc1cc(C(C)CC=O)cc(C(C)C)c1OC. The van der Waals surface area contributed by atoms with Gasteiger partial charge in [-0.1, -0.05) is 39.8 Å². The second-order valence-corrected chi connectivity index (χ2v) is 5.11. The van der Waals surface area contributed by atoms with Gasteiger partial charge in [0.15, 0.2) is 0 Å². The Kier molecular flexibility index (Phi) is 5.39. The van der Waals surface area contributed by atoms with E-state index in [1.54, 1.807) is 7.11 Å². The molecule has 0 amide bonds. The number of carbonyl (C=O) groups is 1. The Morgan fingerprint density at radius 3 is 2.39 bits per heavy atom. The Morgan fingerprint density at radius 1 is 1.28 bits per heavy atom. The molecule has 1 unspecified atom stereocenters. The first-order chi connectivity index (χ1) is 8.54. The molecule has 0 aliphatic carbocycles. The summed E-state index contributed by atoms with van der Waals surface area (Å²) in [5.41, 5.74) is 3.71. The zero-order chi connectivity index (χ0) is 13.7.